The molecular formula is C24H30N4O3. The highest BCUT2D eigenvalue weighted by atomic mass is 16.5. The Morgan fingerprint density at radius 2 is 1.90 bits per heavy atom. The predicted molar refractivity (Wildman–Crippen MR) is 113 cm³/mol. The van der Waals surface area contributed by atoms with E-state index in [0.717, 1.165) is 50.8 Å². The molecule has 1 saturated heterocycles. The topological polar surface area (TPSA) is 108 Å². The Labute approximate surface area is 182 Å². The largest absolute Gasteiger partial charge is 0.369 e. The fraction of sp³-hybridized carbons (Fsp3) is 0.625. The molecule has 164 valence electrons. The Bertz CT molecular complexity index is 892. The van der Waals surface area contributed by atoms with Gasteiger partial charge in [0.15, 0.2) is 0 Å². The van der Waals surface area contributed by atoms with Gasteiger partial charge in [0, 0.05) is 31.1 Å². The molecule has 0 aromatic heterocycles. The molecule has 4 saturated carbocycles. The second-order valence-electron chi connectivity index (χ2n) is 10.1. The number of nitrogens with two attached hydrogens (primary N) is 1. The second-order valence-corrected chi connectivity index (χ2v) is 10.1. The second kappa shape index (κ2) is 7.92. The zero-order valence-corrected chi connectivity index (χ0v) is 17.8. The maximum atomic E-state index is 13.1. The lowest BCUT2D eigenvalue weighted by atomic mass is 9.47. The molecule has 1 aromatic carbocycles. The minimum Gasteiger partial charge on any atom is -0.369 e. The molecule has 1 aliphatic heterocycles. The summed E-state index contributed by atoms with van der Waals surface area (Å²) >= 11 is 0. The first kappa shape index (κ1) is 20.5. The lowest BCUT2D eigenvalue weighted by Gasteiger charge is -2.59. The summed E-state index contributed by atoms with van der Waals surface area (Å²) in [5.41, 5.74) is 7.22. The van der Waals surface area contributed by atoms with Crippen molar-refractivity contribution >= 4 is 11.8 Å². The van der Waals surface area contributed by atoms with E-state index in [-0.39, 0.29) is 23.3 Å². The summed E-state index contributed by atoms with van der Waals surface area (Å²) in [5.74, 6) is 1.09. The van der Waals surface area contributed by atoms with E-state index < -0.39 is 6.10 Å². The third-order valence-corrected chi connectivity index (χ3v) is 8.04. The molecule has 31 heavy (non-hydrogen) atoms. The summed E-state index contributed by atoms with van der Waals surface area (Å²) in [5, 5.41) is 12.3. The number of carbonyl (C=O) groups is 2. The number of rotatable bonds is 5. The van der Waals surface area contributed by atoms with Crippen molar-refractivity contribution in [3.63, 3.8) is 0 Å². The van der Waals surface area contributed by atoms with Gasteiger partial charge in [-0.25, -0.2) is 0 Å². The Balaban J connectivity index is 1.20. The fourth-order valence-electron chi connectivity index (χ4n) is 6.77. The molecule has 0 spiro atoms. The van der Waals surface area contributed by atoms with Crippen LogP contribution < -0.4 is 11.1 Å². The summed E-state index contributed by atoms with van der Waals surface area (Å²) < 4.78 is 5.82. The van der Waals surface area contributed by atoms with E-state index in [4.69, 9.17) is 15.7 Å². The van der Waals surface area contributed by atoms with E-state index in [9.17, 15) is 9.59 Å². The van der Waals surface area contributed by atoms with Gasteiger partial charge in [-0.2, -0.15) is 5.26 Å². The lowest BCUT2D eigenvalue weighted by molar-refractivity contribution is -0.151. The average Bonchev–Trinajstić information content (AvgIpc) is 2.76. The number of benzene rings is 1. The van der Waals surface area contributed by atoms with Gasteiger partial charge in [-0.1, -0.05) is 12.1 Å². The highest BCUT2D eigenvalue weighted by molar-refractivity contribution is 5.83. The van der Waals surface area contributed by atoms with Crippen LogP contribution in [0.15, 0.2) is 24.3 Å². The minimum absolute atomic E-state index is 0.0323. The number of primary amides is 1. The Morgan fingerprint density at radius 3 is 2.55 bits per heavy atom. The average molecular weight is 423 g/mol. The Morgan fingerprint density at radius 1 is 1.19 bits per heavy atom. The molecule has 0 radical (unpaired) electrons. The van der Waals surface area contributed by atoms with E-state index in [1.807, 2.05) is 24.3 Å². The summed E-state index contributed by atoms with van der Waals surface area (Å²) in [6.45, 7) is 2.60. The van der Waals surface area contributed by atoms with Crippen LogP contribution in [0.5, 0.6) is 0 Å². The van der Waals surface area contributed by atoms with Crippen LogP contribution in [0.3, 0.4) is 0 Å². The molecule has 2 amide bonds. The summed E-state index contributed by atoms with van der Waals surface area (Å²) in [6.07, 6.45) is 4.27. The fourth-order valence-corrected chi connectivity index (χ4v) is 6.77. The number of ether oxygens (including phenoxy) is 1. The molecule has 2 unspecified atom stereocenters. The van der Waals surface area contributed by atoms with Gasteiger partial charge in [-0.05, 0) is 67.6 Å². The molecule has 1 heterocycles. The first-order chi connectivity index (χ1) is 15.0. The normalized spacial score (nSPS) is 36.7. The van der Waals surface area contributed by atoms with Crippen LogP contribution in [0.2, 0.25) is 0 Å². The van der Waals surface area contributed by atoms with Crippen LogP contribution in [0.25, 0.3) is 0 Å². The SMILES string of the molecule is N#Cc1ccc(CN2CCO[C@@H](C(=O)NC3C4CC5CC3CC(C(N)=O)(C5)C4)C2)cc1. The van der Waals surface area contributed by atoms with Crippen LogP contribution in [-0.4, -0.2) is 48.6 Å². The molecule has 7 nitrogen and oxygen atoms in total. The van der Waals surface area contributed by atoms with Gasteiger partial charge in [0.2, 0.25) is 5.91 Å². The van der Waals surface area contributed by atoms with Crippen LogP contribution in [0.4, 0.5) is 0 Å². The van der Waals surface area contributed by atoms with E-state index in [2.05, 4.69) is 16.3 Å². The van der Waals surface area contributed by atoms with Crippen molar-refractivity contribution in [3.8, 4) is 6.07 Å². The van der Waals surface area contributed by atoms with Crippen LogP contribution in [0, 0.1) is 34.5 Å². The molecular weight excluding hydrogens is 392 g/mol. The van der Waals surface area contributed by atoms with Crippen molar-refractivity contribution in [2.24, 2.45) is 28.9 Å². The number of hydrogen-bond acceptors (Lipinski definition) is 5. The van der Waals surface area contributed by atoms with Crippen molar-refractivity contribution < 1.29 is 14.3 Å². The van der Waals surface area contributed by atoms with Gasteiger partial charge in [0.25, 0.3) is 5.91 Å². The highest BCUT2D eigenvalue weighted by Crippen LogP contribution is 2.59. The molecule has 3 N–H and O–H groups in total. The summed E-state index contributed by atoms with van der Waals surface area (Å²) in [4.78, 5) is 27.5. The number of nitriles is 1. The van der Waals surface area contributed by atoms with Crippen molar-refractivity contribution in [1.29, 1.82) is 5.26 Å². The quantitative estimate of drug-likeness (QED) is 0.749. The standard InChI is InChI=1S/C24H30N4O3/c25-12-15-1-3-16(4-2-15)13-28-5-6-31-20(14-28)22(29)27-21-18-7-17-8-19(21)11-24(9-17,10-18)23(26)30/h1-4,17-21H,5-11,13-14H2,(H2,26,30)(H,27,29)/t17?,18?,19?,20-,21?,24?/m1/s1. The molecule has 7 heteroatoms. The Kier molecular flexibility index (Phi) is 5.23. The maximum Gasteiger partial charge on any atom is 0.250 e. The third kappa shape index (κ3) is 3.83. The number of hydrogen-bond donors (Lipinski definition) is 2. The van der Waals surface area contributed by atoms with Crippen molar-refractivity contribution in [2.45, 2.75) is 50.8 Å². The number of carbonyl (C=O) groups excluding carboxylic acids is 2. The molecule has 1 aromatic rings. The molecule has 4 bridgehead atoms. The van der Waals surface area contributed by atoms with Crippen LogP contribution in [-0.2, 0) is 20.9 Å². The predicted octanol–water partition coefficient (Wildman–Crippen LogP) is 1.56. The summed E-state index contributed by atoms with van der Waals surface area (Å²) in [6, 6.07) is 9.85. The van der Waals surface area contributed by atoms with Gasteiger partial charge < -0.3 is 15.8 Å². The highest BCUT2D eigenvalue weighted by Gasteiger charge is 2.58. The van der Waals surface area contributed by atoms with Gasteiger partial charge in [0.05, 0.1) is 18.2 Å². The number of nitrogens with one attached hydrogen (secondary N) is 1. The lowest BCUT2D eigenvalue weighted by Crippen LogP contribution is -2.63. The van der Waals surface area contributed by atoms with E-state index in [0.29, 0.717) is 36.5 Å². The molecule has 5 aliphatic rings. The summed E-state index contributed by atoms with van der Waals surface area (Å²) in [7, 11) is 0. The first-order valence-corrected chi connectivity index (χ1v) is 11.4. The molecule has 3 atom stereocenters. The van der Waals surface area contributed by atoms with Crippen LogP contribution in [0.1, 0.15) is 43.2 Å². The van der Waals surface area contributed by atoms with Gasteiger partial charge in [-0.15, -0.1) is 0 Å². The smallest absolute Gasteiger partial charge is 0.250 e. The third-order valence-electron chi connectivity index (χ3n) is 8.04. The number of amides is 2. The van der Waals surface area contributed by atoms with Crippen molar-refractivity contribution in [3.05, 3.63) is 35.4 Å². The molecule has 6 rings (SSSR count). The van der Waals surface area contributed by atoms with Gasteiger partial charge >= 0.3 is 0 Å². The van der Waals surface area contributed by atoms with E-state index in [1.54, 1.807) is 0 Å². The minimum atomic E-state index is -0.477. The van der Waals surface area contributed by atoms with Crippen molar-refractivity contribution in [2.75, 3.05) is 19.7 Å². The maximum absolute atomic E-state index is 13.1. The zero-order valence-electron chi connectivity index (χ0n) is 17.8. The number of nitrogens with zero attached hydrogens (tertiary/aromatic N) is 2. The first-order valence-electron chi connectivity index (χ1n) is 11.4. The van der Waals surface area contributed by atoms with Gasteiger partial charge in [0.1, 0.15) is 6.10 Å². The van der Waals surface area contributed by atoms with Crippen molar-refractivity contribution in [1.82, 2.24) is 10.2 Å². The van der Waals surface area contributed by atoms with Crippen LogP contribution >= 0.6 is 0 Å². The molecule has 4 aliphatic carbocycles. The monoisotopic (exact) mass is 422 g/mol. The zero-order chi connectivity index (χ0) is 21.6. The number of morpholine rings is 1. The van der Waals surface area contributed by atoms with Gasteiger partial charge in [-0.3, -0.25) is 14.5 Å². The molecule has 5 fully saturated rings. The van der Waals surface area contributed by atoms with E-state index in [1.165, 1.54) is 0 Å². The van der Waals surface area contributed by atoms with E-state index >= 15 is 0 Å². The Hall–Kier alpha value is -2.43.